The average molecular weight is 403 g/mol. The van der Waals surface area contributed by atoms with Crippen molar-refractivity contribution in [3.05, 3.63) is 48.2 Å². The first-order chi connectivity index (χ1) is 14.7. The highest BCUT2D eigenvalue weighted by atomic mass is 16.5. The molecular formula is C23H25N5O2. The van der Waals surface area contributed by atoms with Crippen molar-refractivity contribution in [2.45, 2.75) is 25.5 Å². The summed E-state index contributed by atoms with van der Waals surface area (Å²) >= 11 is 0. The molecule has 0 saturated carbocycles. The molecule has 1 fully saturated rings. The molecule has 0 amide bonds. The fourth-order valence-electron chi connectivity index (χ4n) is 4.23. The number of nitrogens with zero attached hydrogens (tertiary/aromatic N) is 4. The molecule has 4 heterocycles. The summed E-state index contributed by atoms with van der Waals surface area (Å²) in [6.45, 7) is 2.53. The third kappa shape index (κ3) is 3.45. The van der Waals surface area contributed by atoms with Crippen molar-refractivity contribution < 1.29 is 9.47 Å². The lowest BCUT2D eigenvalue weighted by molar-refractivity contribution is 0.290. The summed E-state index contributed by atoms with van der Waals surface area (Å²) in [5, 5.41) is 11.3. The second-order valence-electron chi connectivity index (χ2n) is 7.72. The summed E-state index contributed by atoms with van der Waals surface area (Å²) in [6.07, 6.45) is 4.01. The smallest absolute Gasteiger partial charge is 0.233 e. The molecule has 0 atom stereocenters. The summed E-state index contributed by atoms with van der Waals surface area (Å²) in [5.41, 5.74) is 5.38. The van der Waals surface area contributed by atoms with Crippen LogP contribution in [0.4, 0.5) is 5.82 Å². The van der Waals surface area contributed by atoms with E-state index in [1.54, 1.807) is 13.3 Å². The van der Waals surface area contributed by atoms with Crippen LogP contribution in [-0.4, -0.2) is 48.5 Å². The van der Waals surface area contributed by atoms with Crippen LogP contribution in [0.5, 0.6) is 11.8 Å². The van der Waals surface area contributed by atoms with Gasteiger partial charge in [0.05, 0.1) is 13.3 Å². The lowest BCUT2D eigenvalue weighted by atomic mass is 9.95. The van der Waals surface area contributed by atoms with Crippen LogP contribution in [0.1, 0.15) is 18.4 Å². The van der Waals surface area contributed by atoms with Crippen LogP contribution in [0.15, 0.2) is 42.6 Å². The highest BCUT2D eigenvalue weighted by Crippen LogP contribution is 2.39. The topological polar surface area (TPSA) is 72.4 Å². The molecule has 1 N–H and O–H groups in total. The minimum atomic E-state index is 0.502. The van der Waals surface area contributed by atoms with Gasteiger partial charge in [0.1, 0.15) is 12.4 Å². The number of hydrogen-bond donors (Lipinski definition) is 1. The van der Waals surface area contributed by atoms with Crippen LogP contribution in [-0.2, 0) is 6.61 Å². The molecule has 5 rings (SSSR count). The molecule has 30 heavy (non-hydrogen) atoms. The van der Waals surface area contributed by atoms with Crippen LogP contribution >= 0.6 is 0 Å². The molecular weight excluding hydrogens is 378 g/mol. The van der Waals surface area contributed by atoms with Crippen molar-refractivity contribution in [3.8, 4) is 34.0 Å². The molecule has 1 aromatic carbocycles. The normalized spacial score (nSPS) is 15.9. The molecule has 2 aliphatic heterocycles. The van der Waals surface area contributed by atoms with Gasteiger partial charge in [0.15, 0.2) is 0 Å². The number of ether oxygens (including phenoxy) is 2. The van der Waals surface area contributed by atoms with E-state index >= 15 is 0 Å². The maximum Gasteiger partial charge on any atom is 0.233 e. The largest absolute Gasteiger partial charge is 0.480 e. The Morgan fingerprint density at radius 2 is 1.90 bits per heavy atom. The monoisotopic (exact) mass is 403 g/mol. The van der Waals surface area contributed by atoms with Crippen LogP contribution in [0.2, 0.25) is 0 Å². The maximum absolute atomic E-state index is 6.06. The third-order valence-electron chi connectivity index (χ3n) is 6.01. The molecule has 0 unspecified atom stereocenters. The highest BCUT2D eigenvalue weighted by molar-refractivity contribution is 5.78. The fourth-order valence-corrected chi connectivity index (χ4v) is 4.23. The van der Waals surface area contributed by atoms with Gasteiger partial charge < -0.3 is 19.7 Å². The predicted octanol–water partition coefficient (Wildman–Crippen LogP) is 3.29. The zero-order chi connectivity index (χ0) is 20.5. The maximum atomic E-state index is 6.06. The molecule has 2 aliphatic rings. The Morgan fingerprint density at radius 1 is 1.07 bits per heavy atom. The molecule has 154 valence electrons. The summed E-state index contributed by atoms with van der Waals surface area (Å²) in [6, 6.07) is 13.1. The second-order valence-corrected chi connectivity index (χ2v) is 7.72. The van der Waals surface area contributed by atoms with Gasteiger partial charge in [-0.05, 0) is 54.8 Å². The first-order valence-electron chi connectivity index (χ1n) is 10.3. The number of nitrogens with one attached hydrogen (secondary N) is 1. The zero-order valence-corrected chi connectivity index (χ0v) is 17.3. The minimum absolute atomic E-state index is 0.502. The second kappa shape index (κ2) is 7.91. The summed E-state index contributed by atoms with van der Waals surface area (Å²) < 4.78 is 11.3. The van der Waals surface area contributed by atoms with Crippen LogP contribution in [0.3, 0.4) is 0 Å². The molecule has 7 heteroatoms. The van der Waals surface area contributed by atoms with E-state index in [0.29, 0.717) is 18.5 Å². The van der Waals surface area contributed by atoms with Crippen molar-refractivity contribution in [1.29, 1.82) is 0 Å². The Labute approximate surface area is 176 Å². The molecule has 1 saturated heterocycles. The molecule has 0 aliphatic carbocycles. The molecule has 3 aromatic rings. The number of anilines is 1. The van der Waals surface area contributed by atoms with Crippen molar-refractivity contribution in [2.75, 3.05) is 32.1 Å². The van der Waals surface area contributed by atoms with E-state index in [1.807, 2.05) is 13.1 Å². The van der Waals surface area contributed by atoms with Crippen molar-refractivity contribution in [2.24, 2.45) is 0 Å². The first-order valence-corrected chi connectivity index (χ1v) is 10.3. The van der Waals surface area contributed by atoms with Crippen LogP contribution in [0, 0.1) is 0 Å². The van der Waals surface area contributed by atoms with Gasteiger partial charge in [0.25, 0.3) is 0 Å². The average Bonchev–Trinajstić information content (AvgIpc) is 2.83. The van der Waals surface area contributed by atoms with E-state index in [2.05, 4.69) is 50.7 Å². The van der Waals surface area contributed by atoms with E-state index in [-0.39, 0.29) is 0 Å². The molecule has 0 radical (unpaired) electrons. The van der Waals surface area contributed by atoms with Crippen LogP contribution in [0.25, 0.3) is 22.3 Å². The quantitative estimate of drug-likeness (QED) is 0.717. The van der Waals surface area contributed by atoms with Crippen LogP contribution < -0.4 is 19.7 Å². The van der Waals surface area contributed by atoms with Gasteiger partial charge in [-0.3, -0.25) is 0 Å². The van der Waals surface area contributed by atoms with E-state index in [1.165, 1.54) is 5.56 Å². The van der Waals surface area contributed by atoms with E-state index in [9.17, 15) is 0 Å². The van der Waals surface area contributed by atoms with Gasteiger partial charge in [-0.2, -0.15) is 10.1 Å². The van der Waals surface area contributed by atoms with E-state index < -0.39 is 0 Å². The number of piperidine rings is 1. The number of methoxy groups -OCH3 is 1. The highest BCUT2D eigenvalue weighted by Gasteiger charge is 2.23. The lowest BCUT2D eigenvalue weighted by Gasteiger charge is -2.33. The Morgan fingerprint density at radius 3 is 2.70 bits per heavy atom. The lowest BCUT2D eigenvalue weighted by Crippen LogP contribution is -2.41. The van der Waals surface area contributed by atoms with Crippen molar-refractivity contribution in [3.63, 3.8) is 0 Å². The number of benzene rings is 1. The number of fused-ring (bicyclic) bond motifs is 3. The van der Waals surface area contributed by atoms with Crippen molar-refractivity contribution >= 4 is 5.82 Å². The Balaban J connectivity index is 1.42. The standard InChI is InChI=1S/C23H25N5O2/c1-24-18-7-9-28(10-8-18)21-6-5-20-19-4-3-15(11-17(19)14-30-23(20)26-21)16-12-22(29-2)27-25-13-16/h3-6,11-13,18,24H,7-10,14H2,1-2H3. The Hall–Kier alpha value is -3.19. The number of hydrogen-bond acceptors (Lipinski definition) is 7. The fraction of sp³-hybridized carbons (Fsp3) is 0.348. The molecule has 7 nitrogen and oxygen atoms in total. The molecule has 0 spiro atoms. The van der Waals surface area contributed by atoms with Gasteiger partial charge in [0, 0.05) is 36.3 Å². The number of rotatable bonds is 4. The Kier molecular flexibility index (Phi) is 4.96. The summed E-state index contributed by atoms with van der Waals surface area (Å²) in [5.74, 6) is 2.22. The Bertz CT molecular complexity index is 1060. The summed E-state index contributed by atoms with van der Waals surface area (Å²) in [4.78, 5) is 7.19. The van der Waals surface area contributed by atoms with Gasteiger partial charge in [-0.25, -0.2) is 0 Å². The van der Waals surface area contributed by atoms with E-state index in [4.69, 9.17) is 14.5 Å². The number of aromatic nitrogens is 3. The third-order valence-corrected chi connectivity index (χ3v) is 6.01. The van der Waals surface area contributed by atoms with Gasteiger partial charge in [-0.15, -0.1) is 5.10 Å². The number of pyridine rings is 1. The van der Waals surface area contributed by atoms with Crippen molar-refractivity contribution in [1.82, 2.24) is 20.5 Å². The minimum Gasteiger partial charge on any atom is -0.480 e. The van der Waals surface area contributed by atoms with E-state index in [0.717, 1.165) is 59.9 Å². The zero-order valence-electron chi connectivity index (χ0n) is 17.3. The van der Waals surface area contributed by atoms with Gasteiger partial charge in [0.2, 0.25) is 11.8 Å². The SMILES string of the molecule is CNC1CCN(c2ccc3c(n2)OCc2cc(-c4cnnc(OC)c4)ccc2-3)CC1. The summed E-state index contributed by atoms with van der Waals surface area (Å²) in [7, 11) is 3.63. The predicted molar refractivity (Wildman–Crippen MR) is 116 cm³/mol. The molecule has 0 bridgehead atoms. The first kappa shape index (κ1) is 18.8. The molecule has 2 aromatic heterocycles. The van der Waals surface area contributed by atoms with Gasteiger partial charge >= 0.3 is 0 Å². The van der Waals surface area contributed by atoms with Gasteiger partial charge in [-0.1, -0.05) is 12.1 Å².